The SMILES string of the molecule is CC[C@H](C)[C@H](NC(=O)[C@H](C)NC(=O)[C@H](CC(C)C)NC(=O)[C@H](Cc1c[nH]c2ccccc12)NC(=O)[C@H](CC(C)C)NC(=O)[C@@H](N)CCCN=C(N)N)C(=O)N[C@@H](Cc1c[nH]c2ccccc12)C(=O)N[C@@H](CCCN=C(N)N)C(=O)N[C@@H](CCCN=C(N)N)C(=O)O. The van der Waals surface area contributed by atoms with E-state index in [-0.39, 0.29) is 107 Å². The highest BCUT2D eigenvalue weighted by Gasteiger charge is 2.36. The number of aromatic nitrogens is 2. The van der Waals surface area contributed by atoms with Crippen molar-refractivity contribution < 1.29 is 48.3 Å². The molecule has 0 saturated heterocycles. The van der Waals surface area contributed by atoms with Crippen molar-refractivity contribution in [3.63, 3.8) is 0 Å². The van der Waals surface area contributed by atoms with Crippen LogP contribution in [0.1, 0.15) is 117 Å². The van der Waals surface area contributed by atoms with Crippen LogP contribution in [-0.2, 0) is 56.0 Å². The molecule has 30 heteroatoms. The largest absolute Gasteiger partial charge is 0.480 e. The van der Waals surface area contributed by atoms with Crippen LogP contribution < -0.4 is 82.7 Å². The first-order valence-corrected chi connectivity index (χ1v) is 30.8. The molecule has 0 saturated carbocycles. The second kappa shape index (κ2) is 36.9. The number of hydrogen-bond donors (Lipinski definition) is 18. The van der Waals surface area contributed by atoms with Crippen LogP contribution in [0.4, 0.5) is 0 Å². The number of nitrogens with one attached hydrogen (secondary N) is 10. The zero-order chi connectivity index (χ0) is 67.5. The summed E-state index contributed by atoms with van der Waals surface area (Å²) in [5.74, 6) is -8.69. The number of guanidine groups is 3. The van der Waals surface area contributed by atoms with Crippen molar-refractivity contribution in [3.8, 4) is 0 Å². The van der Waals surface area contributed by atoms with Gasteiger partial charge in [-0.25, -0.2) is 4.79 Å². The highest BCUT2D eigenvalue weighted by Crippen LogP contribution is 2.22. The number of carbonyl (C=O) groups is 9. The number of nitrogens with two attached hydrogens (primary N) is 7. The summed E-state index contributed by atoms with van der Waals surface area (Å²) in [6.07, 6.45) is 4.69. The molecule has 0 fully saturated rings. The Morgan fingerprint density at radius 1 is 0.462 bits per heavy atom. The van der Waals surface area contributed by atoms with Crippen molar-refractivity contribution in [2.45, 2.75) is 173 Å². The van der Waals surface area contributed by atoms with E-state index in [1.807, 2.05) is 70.2 Å². The van der Waals surface area contributed by atoms with Gasteiger partial charge in [0.25, 0.3) is 0 Å². The number of aromatic amines is 2. The third-order valence-electron chi connectivity index (χ3n) is 15.1. The molecule has 0 aliphatic rings. The second-order valence-corrected chi connectivity index (χ2v) is 23.6. The van der Waals surface area contributed by atoms with Gasteiger partial charge in [0.05, 0.1) is 6.04 Å². The molecule has 500 valence electrons. The minimum atomic E-state index is -1.41. The summed E-state index contributed by atoms with van der Waals surface area (Å²) in [6, 6.07) is 3.18. The van der Waals surface area contributed by atoms with Gasteiger partial charge in [-0.2, -0.15) is 0 Å². The Labute approximate surface area is 529 Å². The van der Waals surface area contributed by atoms with Crippen LogP contribution in [0.25, 0.3) is 21.8 Å². The first-order valence-electron chi connectivity index (χ1n) is 30.8. The number of aliphatic imine (C=N–C) groups is 3. The number of nitrogens with zero attached hydrogens (tertiary/aromatic N) is 3. The summed E-state index contributed by atoms with van der Waals surface area (Å²) >= 11 is 0. The predicted octanol–water partition coefficient (Wildman–Crippen LogP) is -0.956. The molecule has 0 radical (unpaired) electrons. The standard InChI is InChI=1S/C61H96N20O10/c1-8-34(6)49(57(89)80-48(29-37-31-73-42-20-12-10-17-39(37)42)55(87)75-43(21-14-24-70-60(65)66)52(84)76-44(58(90)91)22-15-25-71-61(67)68)81-50(82)35(7)74-53(85)45(26-32(2)3)78-56(88)47(28-36-30-72-41-19-11-9-16-38(36)41)79-54(86)46(27-33(4)5)77-51(83)40(62)18-13-23-69-59(63)64/h9-12,16-17,19-20,30-35,40,43-49,72-73H,8,13-15,18,21-29,62H2,1-7H3,(H,74,85)(H,75,87)(H,76,84)(H,77,83)(H,78,88)(H,79,86)(H,80,89)(H,81,82)(H,90,91)(H4,63,64,69)(H4,65,66,70)(H4,67,68,71)/t34-,35-,40-,43-,44-,45-,46-,47-,48-,49-/m0/s1. The molecular formula is C61H96N20O10. The van der Waals surface area contributed by atoms with Crippen molar-refractivity contribution in [1.82, 2.24) is 52.5 Å². The average Bonchev–Trinajstić information content (AvgIpc) is 1.88. The molecule has 4 aromatic rings. The molecule has 91 heavy (non-hydrogen) atoms. The van der Waals surface area contributed by atoms with Crippen molar-refractivity contribution >= 4 is 92.9 Å². The summed E-state index contributed by atoms with van der Waals surface area (Å²) in [7, 11) is 0. The lowest BCUT2D eigenvalue weighted by Crippen LogP contribution is -2.61. The number of H-pyrrole nitrogens is 2. The lowest BCUT2D eigenvalue weighted by molar-refractivity contribution is -0.142. The van der Waals surface area contributed by atoms with Crippen LogP contribution >= 0.6 is 0 Å². The van der Waals surface area contributed by atoms with E-state index in [9.17, 15) is 48.3 Å². The van der Waals surface area contributed by atoms with E-state index in [0.717, 1.165) is 21.8 Å². The van der Waals surface area contributed by atoms with Crippen LogP contribution in [0.2, 0.25) is 0 Å². The lowest BCUT2D eigenvalue weighted by Gasteiger charge is -2.29. The maximum Gasteiger partial charge on any atom is 0.326 e. The zero-order valence-electron chi connectivity index (χ0n) is 53.1. The minimum absolute atomic E-state index is 0.0418. The van der Waals surface area contributed by atoms with Crippen LogP contribution in [0.3, 0.4) is 0 Å². The fourth-order valence-electron chi connectivity index (χ4n) is 10.0. The van der Waals surface area contributed by atoms with Crippen LogP contribution in [0.5, 0.6) is 0 Å². The number of rotatable bonds is 39. The smallest absolute Gasteiger partial charge is 0.326 e. The van der Waals surface area contributed by atoms with Crippen molar-refractivity contribution in [2.75, 3.05) is 19.6 Å². The number of carbonyl (C=O) groups excluding carboxylic acids is 8. The van der Waals surface area contributed by atoms with E-state index in [0.29, 0.717) is 24.0 Å². The molecule has 30 nitrogen and oxygen atoms in total. The van der Waals surface area contributed by atoms with Gasteiger partial charge in [0.15, 0.2) is 17.9 Å². The number of para-hydroxylation sites is 2. The van der Waals surface area contributed by atoms with Gasteiger partial charge in [-0.3, -0.25) is 53.3 Å². The Morgan fingerprint density at radius 3 is 1.29 bits per heavy atom. The quantitative estimate of drug-likeness (QED) is 0.0145. The number of amides is 8. The predicted molar refractivity (Wildman–Crippen MR) is 349 cm³/mol. The van der Waals surface area contributed by atoms with Gasteiger partial charge in [0, 0.05) is 66.7 Å². The van der Waals surface area contributed by atoms with E-state index in [4.69, 9.17) is 40.1 Å². The number of benzene rings is 2. The molecule has 2 aromatic carbocycles. The fraction of sp³-hybridized carbons (Fsp3) is 0.541. The average molecular weight is 1270 g/mol. The van der Waals surface area contributed by atoms with Crippen LogP contribution in [-0.4, -0.2) is 160 Å². The van der Waals surface area contributed by atoms with Crippen LogP contribution in [0.15, 0.2) is 75.9 Å². The van der Waals surface area contributed by atoms with Crippen LogP contribution in [0, 0.1) is 17.8 Å². The number of aliphatic carboxylic acids is 1. The number of carboxylic acid groups (broad SMARTS) is 1. The highest BCUT2D eigenvalue weighted by atomic mass is 16.4. The Morgan fingerprint density at radius 2 is 0.835 bits per heavy atom. The molecule has 0 aliphatic heterocycles. The molecule has 4 rings (SSSR count). The first kappa shape index (κ1) is 74.0. The van der Waals surface area contributed by atoms with E-state index < -0.39 is 114 Å². The Bertz CT molecular complexity index is 3180. The fourth-order valence-corrected chi connectivity index (χ4v) is 10.0. The summed E-state index contributed by atoms with van der Waals surface area (Å²) in [4.78, 5) is 145. The topological polar surface area (TPSA) is 521 Å². The third kappa shape index (κ3) is 24.8. The number of carboxylic acids is 1. The molecule has 10 atom stereocenters. The summed E-state index contributed by atoms with van der Waals surface area (Å²) in [5, 5.41) is 33.4. The summed E-state index contributed by atoms with van der Waals surface area (Å²) in [6.45, 7) is 12.7. The first-order chi connectivity index (χ1) is 43.1. The Balaban J connectivity index is 1.60. The van der Waals surface area contributed by atoms with Gasteiger partial charge in [0.1, 0.15) is 48.3 Å². The second-order valence-electron chi connectivity index (χ2n) is 23.6. The van der Waals surface area contributed by atoms with Crippen molar-refractivity contribution in [1.29, 1.82) is 0 Å². The Kier molecular flexibility index (Phi) is 30.0. The van der Waals surface area contributed by atoms with E-state index in [2.05, 4.69) is 67.5 Å². The minimum Gasteiger partial charge on any atom is -0.480 e. The van der Waals surface area contributed by atoms with Gasteiger partial charge >= 0.3 is 5.97 Å². The normalized spacial score (nSPS) is 14.6. The maximum atomic E-state index is 14.7. The van der Waals surface area contributed by atoms with Crippen molar-refractivity contribution in [3.05, 3.63) is 72.1 Å². The van der Waals surface area contributed by atoms with Gasteiger partial charge < -0.3 is 97.7 Å². The molecule has 0 spiro atoms. The van der Waals surface area contributed by atoms with E-state index >= 15 is 0 Å². The van der Waals surface area contributed by atoms with Gasteiger partial charge in [-0.05, 0) is 99.3 Å². The van der Waals surface area contributed by atoms with Gasteiger partial charge in [-0.15, -0.1) is 0 Å². The lowest BCUT2D eigenvalue weighted by atomic mass is 9.96. The van der Waals surface area contributed by atoms with E-state index in [1.54, 1.807) is 32.3 Å². The third-order valence-corrected chi connectivity index (χ3v) is 15.1. The monoisotopic (exact) mass is 1270 g/mol. The molecule has 0 bridgehead atoms. The Hall–Kier alpha value is -9.48. The molecule has 25 N–H and O–H groups in total. The molecule has 0 aliphatic carbocycles. The van der Waals surface area contributed by atoms with Crippen molar-refractivity contribution in [2.24, 2.45) is 72.9 Å². The zero-order valence-corrected chi connectivity index (χ0v) is 53.1. The maximum absolute atomic E-state index is 14.7. The van der Waals surface area contributed by atoms with Gasteiger partial charge in [-0.1, -0.05) is 84.4 Å². The highest BCUT2D eigenvalue weighted by molar-refractivity contribution is 5.99. The molecular weight excluding hydrogens is 1170 g/mol. The molecule has 2 heterocycles. The van der Waals surface area contributed by atoms with E-state index in [1.165, 1.54) is 6.92 Å². The van der Waals surface area contributed by atoms with Gasteiger partial charge in [0.2, 0.25) is 47.3 Å². The molecule has 2 aromatic heterocycles. The summed E-state index contributed by atoms with van der Waals surface area (Å²) < 4.78 is 0. The molecule has 8 amide bonds. The number of fused-ring (bicyclic) bond motifs is 2. The summed E-state index contributed by atoms with van der Waals surface area (Å²) in [5.41, 5.74) is 41.8. The molecule has 0 unspecified atom stereocenters. The number of hydrogen-bond acceptors (Lipinski definition) is 13.